The molecule has 13 heavy (non-hydrogen) atoms. The van der Waals surface area contributed by atoms with Gasteiger partial charge in [0, 0.05) is 12.6 Å². The van der Waals surface area contributed by atoms with Crippen molar-refractivity contribution in [3.8, 4) is 0 Å². The first kappa shape index (κ1) is 12.2. The Balaban J connectivity index is 3.17. The van der Waals surface area contributed by atoms with Gasteiger partial charge in [-0.25, -0.2) is 4.79 Å². The summed E-state index contributed by atoms with van der Waals surface area (Å²) in [6, 6.07) is -0.0547. The molecule has 0 spiro atoms. The molecule has 3 N–H and O–H groups in total. The summed E-state index contributed by atoms with van der Waals surface area (Å²) >= 11 is 0. The van der Waals surface area contributed by atoms with E-state index in [4.69, 9.17) is 9.84 Å². The van der Waals surface area contributed by atoms with Crippen LogP contribution in [0.5, 0.6) is 0 Å². The Bertz CT molecular complexity index is 139. The molecule has 5 heteroatoms. The molecule has 0 atom stereocenters. The van der Waals surface area contributed by atoms with Crippen LogP contribution in [0.2, 0.25) is 0 Å². The number of hydrogen-bond acceptors (Lipinski definition) is 3. The van der Waals surface area contributed by atoms with Crippen molar-refractivity contribution in [1.29, 1.82) is 0 Å². The minimum Gasteiger partial charge on any atom is -0.394 e. The molecule has 0 rings (SSSR count). The number of rotatable bonds is 6. The number of aliphatic hydroxyl groups is 1. The number of ether oxygens (including phenoxy) is 1. The maximum Gasteiger partial charge on any atom is 0.315 e. The summed E-state index contributed by atoms with van der Waals surface area (Å²) in [6.07, 6.45) is 0. The highest BCUT2D eigenvalue weighted by atomic mass is 16.5. The molecule has 0 aliphatic heterocycles. The number of nitrogens with one attached hydrogen (secondary N) is 2. The van der Waals surface area contributed by atoms with Gasteiger partial charge in [-0.05, 0) is 13.8 Å². The molecule has 0 aromatic carbocycles. The van der Waals surface area contributed by atoms with E-state index in [1.54, 1.807) is 0 Å². The SMILES string of the molecule is CC(C)NC(=O)NCCOCCO. The van der Waals surface area contributed by atoms with Crippen LogP contribution in [0.4, 0.5) is 4.79 Å². The molecule has 0 saturated heterocycles. The van der Waals surface area contributed by atoms with E-state index in [9.17, 15) is 4.79 Å². The second-order valence-electron chi connectivity index (χ2n) is 2.89. The van der Waals surface area contributed by atoms with Gasteiger partial charge in [0.1, 0.15) is 0 Å². The van der Waals surface area contributed by atoms with E-state index >= 15 is 0 Å². The largest absolute Gasteiger partial charge is 0.394 e. The molecule has 0 radical (unpaired) electrons. The van der Waals surface area contributed by atoms with Crippen LogP contribution in [0, 0.1) is 0 Å². The molecule has 0 aromatic rings. The lowest BCUT2D eigenvalue weighted by Crippen LogP contribution is -2.40. The first-order chi connectivity index (χ1) is 6.16. The number of carbonyl (C=O) groups is 1. The average Bonchev–Trinajstić information content (AvgIpc) is 2.02. The van der Waals surface area contributed by atoms with Crippen LogP contribution in [-0.4, -0.2) is 43.5 Å². The summed E-state index contributed by atoms with van der Waals surface area (Å²) < 4.78 is 4.95. The Morgan fingerprint density at radius 1 is 1.46 bits per heavy atom. The van der Waals surface area contributed by atoms with Gasteiger partial charge in [-0.1, -0.05) is 0 Å². The summed E-state index contributed by atoms with van der Waals surface area (Å²) in [6.45, 7) is 4.99. The second kappa shape index (κ2) is 7.82. The fourth-order valence-electron chi connectivity index (χ4n) is 0.717. The molecule has 78 valence electrons. The van der Waals surface area contributed by atoms with Crippen molar-refractivity contribution in [2.75, 3.05) is 26.4 Å². The van der Waals surface area contributed by atoms with Crippen LogP contribution in [0.1, 0.15) is 13.8 Å². The van der Waals surface area contributed by atoms with Crippen LogP contribution < -0.4 is 10.6 Å². The van der Waals surface area contributed by atoms with E-state index in [0.717, 1.165) is 0 Å². The Hall–Kier alpha value is -0.810. The van der Waals surface area contributed by atoms with E-state index < -0.39 is 0 Å². The lowest BCUT2D eigenvalue weighted by molar-refractivity contribution is 0.0947. The van der Waals surface area contributed by atoms with Crippen molar-refractivity contribution in [3.05, 3.63) is 0 Å². The standard InChI is InChI=1S/C8H18N2O3/c1-7(2)10-8(12)9-3-5-13-6-4-11/h7,11H,3-6H2,1-2H3,(H2,9,10,12). The molecular weight excluding hydrogens is 172 g/mol. The van der Waals surface area contributed by atoms with Crippen molar-refractivity contribution in [2.45, 2.75) is 19.9 Å². The van der Waals surface area contributed by atoms with E-state index in [1.807, 2.05) is 13.8 Å². The third kappa shape index (κ3) is 9.10. The van der Waals surface area contributed by atoms with E-state index in [1.165, 1.54) is 0 Å². The van der Waals surface area contributed by atoms with Gasteiger partial charge >= 0.3 is 6.03 Å². The molecule has 0 aliphatic carbocycles. The molecule has 0 bridgehead atoms. The van der Waals surface area contributed by atoms with Gasteiger partial charge in [0.2, 0.25) is 0 Å². The van der Waals surface area contributed by atoms with Gasteiger partial charge in [-0.15, -0.1) is 0 Å². The molecule has 0 saturated carbocycles. The molecule has 0 aliphatic rings. The Labute approximate surface area is 78.5 Å². The van der Waals surface area contributed by atoms with Crippen LogP contribution in [-0.2, 0) is 4.74 Å². The second-order valence-corrected chi connectivity index (χ2v) is 2.89. The van der Waals surface area contributed by atoms with E-state index in [0.29, 0.717) is 19.8 Å². The molecular formula is C8H18N2O3. The smallest absolute Gasteiger partial charge is 0.315 e. The van der Waals surface area contributed by atoms with Gasteiger partial charge in [0.15, 0.2) is 0 Å². The fourth-order valence-corrected chi connectivity index (χ4v) is 0.717. The minimum absolute atomic E-state index is 0.0121. The number of carbonyl (C=O) groups excluding carboxylic acids is 1. The Morgan fingerprint density at radius 3 is 2.69 bits per heavy atom. The third-order valence-corrected chi connectivity index (χ3v) is 1.19. The third-order valence-electron chi connectivity index (χ3n) is 1.19. The maximum absolute atomic E-state index is 11.0. The van der Waals surface area contributed by atoms with Crippen molar-refractivity contribution in [3.63, 3.8) is 0 Å². The van der Waals surface area contributed by atoms with Gasteiger partial charge in [0.05, 0.1) is 19.8 Å². The van der Waals surface area contributed by atoms with Crippen molar-refractivity contribution in [1.82, 2.24) is 10.6 Å². The average molecular weight is 190 g/mol. The Kier molecular flexibility index (Phi) is 7.33. The van der Waals surface area contributed by atoms with Gasteiger partial charge in [-0.3, -0.25) is 0 Å². The summed E-state index contributed by atoms with van der Waals surface area (Å²) in [5, 5.41) is 13.7. The normalized spacial score (nSPS) is 10.2. The monoisotopic (exact) mass is 190 g/mol. The predicted octanol–water partition coefficient (Wildman–Crippen LogP) is -0.297. The molecule has 0 heterocycles. The van der Waals surface area contributed by atoms with Crippen LogP contribution in [0.3, 0.4) is 0 Å². The number of amides is 2. The lowest BCUT2D eigenvalue weighted by atomic mass is 10.4. The summed E-state index contributed by atoms with van der Waals surface area (Å²) in [5.41, 5.74) is 0. The van der Waals surface area contributed by atoms with Gasteiger partial charge < -0.3 is 20.5 Å². The highest BCUT2D eigenvalue weighted by Crippen LogP contribution is 1.76. The first-order valence-corrected chi connectivity index (χ1v) is 4.39. The zero-order chi connectivity index (χ0) is 10.1. The minimum atomic E-state index is -0.192. The van der Waals surface area contributed by atoms with E-state index in [-0.39, 0.29) is 18.7 Å². The topological polar surface area (TPSA) is 70.6 Å². The number of urea groups is 1. The molecule has 2 amide bonds. The van der Waals surface area contributed by atoms with Crippen LogP contribution in [0.25, 0.3) is 0 Å². The van der Waals surface area contributed by atoms with Gasteiger partial charge in [-0.2, -0.15) is 0 Å². The zero-order valence-electron chi connectivity index (χ0n) is 8.17. The lowest BCUT2D eigenvalue weighted by Gasteiger charge is -2.09. The van der Waals surface area contributed by atoms with Gasteiger partial charge in [0.25, 0.3) is 0 Å². The van der Waals surface area contributed by atoms with Crippen LogP contribution >= 0.6 is 0 Å². The summed E-state index contributed by atoms with van der Waals surface area (Å²) in [5.74, 6) is 0. The molecule has 0 unspecified atom stereocenters. The quantitative estimate of drug-likeness (QED) is 0.504. The highest BCUT2D eigenvalue weighted by molar-refractivity contribution is 5.73. The number of aliphatic hydroxyl groups excluding tert-OH is 1. The number of hydrogen-bond donors (Lipinski definition) is 3. The Morgan fingerprint density at radius 2 is 2.15 bits per heavy atom. The van der Waals surface area contributed by atoms with Crippen molar-refractivity contribution < 1.29 is 14.6 Å². The molecule has 0 fully saturated rings. The molecule has 0 aromatic heterocycles. The fraction of sp³-hybridized carbons (Fsp3) is 0.875. The van der Waals surface area contributed by atoms with E-state index in [2.05, 4.69) is 10.6 Å². The highest BCUT2D eigenvalue weighted by Gasteiger charge is 1.99. The summed E-state index contributed by atoms with van der Waals surface area (Å²) in [4.78, 5) is 11.0. The zero-order valence-corrected chi connectivity index (χ0v) is 8.17. The maximum atomic E-state index is 11.0. The molecule has 5 nitrogen and oxygen atoms in total. The van der Waals surface area contributed by atoms with Crippen LogP contribution in [0.15, 0.2) is 0 Å². The summed E-state index contributed by atoms with van der Waals surface area (Å²) in [7, 11) is 0. The van der Waals surface area contributed by atoms with Crippen molar-refractivity contribution in [2.24, 2.45) is 0 Å². The predicted molar refractivity (Wildman–Crippen MR) is 49.6 cm³/mol. The van der Waals surface area contributed by atoms with Crippen molar-refractivity contribution >= 4 is 6.03 Å². The first-order valence-electron chi connectivity index (χ1n) is 4.39.